The van der Waals surface area contributed by atoms with Gasteiger partial charge in [0, 0.05) is 11.9 Å². The Bertz CT molecular complexity index is 248. The predicted octanol–water partition coefficient (Wildman–Crippen LogP) is 2.86. The van der Waals surface area contributed by atoms with Crippen molar-refractivity contribution in [3.05, 3.63) is 11.1 Å². The fraction of sp³-hybridized carbons (Fsp3) is 0.667. The maximum Gasteiger partial charge on any atom is 0.182 e. The van der Waals surface area contributed by atoms with Gasteiger partial charge in [-0.05, 0) is 24.9 Å². The molecule has 1 atom stereocenters. The molecule has 1 aromatic heterocycles. The summed E-state index contributed by atoms with van der Waals surface area (Å²) in [4.78, 5) is 4.34. The Morgan fingerprint density at radius 2 is 2.46 bits per heavy atom. The lowest BCUT2D eigenvalue weighted by molar-refractivity contribution is 0.701. The first-order valence-electron chi connectivity index (χ1n) is 4.37. The lowest BCUT2D eigenvalue weighted by Crippen LogP contribution is -2.12. The van der Waals surface area contributed by atoms with Crippen LogP contribution in [0.1, 0.15) is 12.6 Å². The maximum absolute atomic E-state index is 4.34. The van der Waals surface area contributed by atoms with E-state index in [0.29, 0.717) is 5.92 Å². The van der Waals surface area contributed by atoms with E-state index in [1.807, 2.05) is 18.7 Å². The molecule has 13 heavy (non-hydrogen) atoms. The quantitative estimate of drug-likeness (QED) is 0.819. The fourth-order valence-electron chi connectivity index (χ4n) is 1.04. The van der Waals surface area contributed by atoms with E-state index >= 15 is 0 Å². The largest absolute Gasteiger partial charge is 0.361 e. The number of aryl methyl sites for hydroxylation is 1. The molecule has 74 valence electrons. The van der Waals surface area contributed by atoms with Gasteiger partial charge in [0.05, 0.1) is 5.69 Å². The van der Waals surface area contributed by atoms with E-state index in [1.165, 1.54) is 5.75 Å². The highest BCUT2D eigenvalue weighted by Crippen LogP contribution is 2.15. The van der Waals surface area contributed by atoms with E-state index in [4.69, 9.17) is 0 Å². The molecule has 0 radical (unpaired) electrons. The number of hydrogen-bond acceptors (Lipinski definition) is 4. The number of nitrogens with zero attached hydrogens (tertiary/aromatic N) is 1. The summed E-state index contributed by atoms with van der Waals surface area (Å²) in [5.74, 6) is 1.91. The molecular weight excluding hydrogens is 200 g/mol. The minimum absolute atomic E-state index is 0.708. The van der Waals surface area contributed by atoms with E-state index in [0.717, 1.165) is 17.4 Å². The average molecular weight is 216 g/mol. The van der Waals surface area contributed by atoms with Crippen molar-refractivity contribution in [2.24, 2.45) is 5.92 Å². The molecule has 0 amide bonds. The molecule has 4 heteroatoms. The van der Waals surface area contributed by atoms with Gasteiger partial charge < -0.3 is 5.32 Å². The lowest BCUT2D eigenvalue weighted by Gasteiger charge is -2.09. The number of aromatic nitrogens is 1. The number of hydrogen-bond donors (Lipinski definition) is 1. The number of nitrogens with one attached hydrogen (secondary N) is 1. The summed E-state index contributed by atoms with van der Waals surface area (Å²) in [7, 11) is 0. The zero-order chi connectivity index (χ0) is 9.68. The van der Waals surface area contributed by atoms with Crippen molar-refractivity contribution in [1.82, 2.24) is 4.98 Å². The van der Waals surface area contributed by atoms with Crippen LogP contribution in [0.15, 0.2) is 5.38 Å². The molecule has 1 rings (SSSR count). The third-order valence-corrected chi connectivity index (χ3v) is 3.49. The Morgan fingerprint density at radius 1 is 1.69 bits per heavy atom. The summed E-state index contributed by atoms with van der Waals surface area (Å²) in [5.41, 5.74) is 1.10. The molecule has 2 nitrogen and oxygen atoms in total. The SMILES string of the molecule is CSCC(C)CNc1nc(C)cs1. The molecule has 0 spiro atoms. The van der Waals surface area contributed by atoms with Crippen molar-refractivity contribution in [3.63, 3.8) is 0 Å². The van der Waals surface area contributed by atoms with Crippen LogP contribution in [0.5, 0.6) is 0 Å². The molecule has 0 aliphatic carbocycles. The topological polar surface area (TPSA) is 24.9 Å². The molecule has 1 heterocycles. The normalized spacial score (nSPS) is 12.8. The second-order valence-electron chi connectivity index (χ2n) is 3.24. The number of thioether (sulfide) groups is 1. The van der Waals surface area contributed by atoms with Gasteiger partial charge in [0.25, 0.3) is 0 Å². The van der Waals surface area contributed by atoms with Crippen LogP contribution in [0.3, 0.4) is 0 Å². The Hall–Kier alpha value is -0.220. The van der Waals surface area contributed by atoms with E-state index < -0.39 is 0 Å². The molecule has 0 bridgehead atoms. The third-order valence-electron chi connectivity index (χ3n) is 1.67. The molecule has 0 aliphatic rings. The molecule has 0 aliphatic heterocycles. The summed E-state index contributed by atoms with van der Waals surface area (Å²) in [6, 6.07) is 0. The minimum Gasteiger partial charge on any atom is -0.361 e. The van der Waals surface area contributed by atoms with Gasteiger partial charge in [-0.1, -0.05) is 6.92 Å². The summed E-state index contributed by atoms with van der Waals surface area (Å²) in [6.45, 7) is 5.30. The first kappa shape index (κ1) is 10.9. The van der Waals surface area contributed by atoms with Crippen LogP contribution in [0, 0.1) is 12.8 Å². The van der Waals surface area contributed by atoms with Gasteiger partial charge in [0.15, 0.2) is 5.13 Å². The standard InChI is InChI=1S/C9H16N2S2/c1-7(5-12-3)4-10-9-11-8(2)6-13-9/h6-7H,4-5H2,1-3H3,(H,10,11). The van der Waals surface area contributed by atoms with Gasteiger partial charge in [-0.3, -0.25) is 0 Å². The van der Waals surface area contributed by atoms with Crippen molar-refractivity contribution in [2.45, 2.75) is 13.8 Å². The van der Waals surface area contributed by atoms with Crippen LogP contribution < -0.4 is 5.32 Å². The van der Waals surface area contributed by atoms with Crippen LogP contribution in [-0.2, 0) is 0 Å². The van der Waals surface area contributed by atoms with Crippen molar-refractivity contribution >= 4 is 28.2 Å². The number of anilines is 1. The zero-order valence-electron chi connectivity index (χ0n) is 8.33. The minimum atomic E-state index is 0.708. The first-order chi connectivity index (χ1) is 6.22. The van der Waals surface area contributed by atoms with Crippen LogP contribution in [0.25, 0.3) is 0 Å². The molecule has 0 saturated heterocycles. The highest BCUT2D eigenvalue weighted by molar-refractivity contribution is 7.98. The van der Waals surface area contributed by atoms with E-state index in [2.05, 4.69) is 28.9 Å². The zero-order valence-corrected chi connectivity index (χ0v) is 9.97. The summed E-state index contributed by atoms with van der Waals surface area (Å²) >= 11 is 3.57. The molecule has 1 unspecified atom stereocenters. The smallest absolute Gasteiger partial charge is 0.182 e. The van der Waals surface area contributed by atoms with Gasteiger partial charge in [0.1, 0.15) is 0 Å². The molecular formula is C9H16N2S2. The Labute approximate surface area is 88.2 Å². The second kappa shape index (κ2) is 5.50. The van der Waals surface area contributed by atoms with Gasteiger partial charge in [-0.25, -0.2) is 4.98 Å². The molecule has 1 N–H and O–H groups in total. The fourth-order valence-corrected chi connectivity index (χ4v) is 2.43. The van der Waals surface area contributed by atoms with Crippen LogP contribution in [-0.4, -0.2) is 23.5 Å². The van der Waals surface area contributed by atoms with E-state index in [1.54, 1.807) is 11.3 Å². The second-order valence-corrected chi connectivity index (χ2v) is 5.00. The average Bonchev–Trinajstić information content (AvgIpc) is 2.49. The first-order valence-corrected chi connectivity index (χ1v) is 6.64. The predicted molar refractivity (Wildman–Crippen MR) is 62.9 cm³/mol. The van der Waals surface area contributed by atoms with Gasteiger partial charge in [-0.2, -0.15) is 11.8 Å². The van der Waals surface area contributed by atoms with Gasteiger partial charge in [0.2, 0.25) is 0 Å². The van der Waals surface area contributed by atoms with Crippen molar-refractivity contribution in [1.29, 1.82) is 0 Å². The van der Waals surface area contributed by atoms with Crippen molar-refractivity contribution < 1.29 is 0 Å². The number of rotatable bonds is 5. The van der Waals surface area contributed by atoms with Crippen LogP contribution in [0.4, 0.5) is 5.13 Å². The highest BCUT2D eigenvalue weighted by atomic mass is 32.2. The molecule has 0 fully saturated rings. The summed E-state index contributed by atoms with van der Waals surface area (Å²) < 4.78 is 0. The molecule has 1 aromatic rings. The Morgan fingerprint density at radius 3 is 3.00 bits per heavy atom. The third kappa shape index (κ3) is 4.00. The van der Waals surface area contributed by atoms with E-state index in [9.17, 15) is 0 Å². The molecule has 0 saturated carbocycles. The Kier molecular flexibility index (Phi) is 4.59. The molecule has 0 aromatic carbocycles. The van der Waals surface area contributed by atoms with Gasteiger partial charge >= 0.3 is 0 Å². The number of thiazole rings is 1. The van der Waals surface area contributed by atoms with Crippen molar-refractivity contribution in [3.8, 4) is 0 Å². The van der Waals surface area contributed by atoms with Crippen LogP contribution >= 0.6 is 23.1 Å². The summed E-state index contributed by atoms with van der Waals surface area (Å²) in [5, 5.41) is 6.46. The summed E-state index contributed by atoms with van der Waals surface area (Å²) in [6.07, 6.45) is 2.14. The monoisotopic (exact) mass is 216 g/mol. The lowest BCUT2D eigenvalue weighted by atomic mass is 10.2. The highest BCUT2D eigenvalue weighted by Gasteiger charge is 2.02. The van der Waals surface area contributed by atoms with Gasteiger partial charge in [-0.15, -0.1) is 11.3 Å². The van der Waals surface area contributed by atoms with Crippen molar-refractivity contribution in [2.75, 3.05) is 23.9 Å². The van der Waals surface area contributed by atoms with E-state index in [-0.39, 0.29) is 0 Å². The van der Waals surface area contributed by atoms with Crippen LogP contribution in [0.2, 0.25) is 0 Å². The maximum atomic E-state index is 4.34. The Balaban J connectivity index is 2.26.